The van der Waals surface area contributed by atoms with Crippen molar-refractivity contribution < 1.29 is 4.39 Å². The van der Waals surface area contributed by atoms with E-state index in [2.05, 4.69) is 39.9 Å². The summed E-state index contributed by atoms with van der Waals surface area (Å²) in [4.78, 5) is 0.754. The van der Waals surface area contributed by atoms with E-state index < -0.39 is 0 Å². The lowest BCUT2D eigenvalue weighted by Crippen LogP contribution is -2.35. The van der Waals surface area contributed by atoms with E-state index in [9.17, 15) is 4.39 Å². The van der Waals surface area contributed by atoms with E-state index in [1.165, 1.54) is 0 Å². The fourth-order valence-electron chi connectivity index (χ4n) is 1.42. The van der Waals surface area contributed by atoms with Gasteiger partial charge in [0.1, 0.15) is 5.82 Å². The first-order chi connectivity index (χ1) is 8.31. The zero-order valence-electron chi connectivity index (χ0n) is 12.0. The van der Waals surface area contributed by atoms with Gasteiger partial charge in [-0.15, -0.1) is 11.8 Å². The third-order valence-electron chi connectivity index (χ3n) is 2.72. The van der Waals surface area contributed by atoms with Crippen LogP contribution in [0.15, 0.2) is 23.1 Å². The third kappa shape index (κ3) is 5.40. The Bertz CT molecular complexity index is 385. The van der Waals surface area contributed by atoms with Crippen molar-refractivity contribution in [2.75, 3.05) is 0 Å². The smallest absolute Gasteiger partial charge is 0.137 e. The van der Waals surface area contributed by atoms with E-state index in [1.54, 1.807) is 17.8 Å². The minimum Gasteiger partial charge on any atom is -0.308 e. The Morgan fingerprint density at radius 3 is 2.50 bits per heavy atom. The molecule has 1 aromatic carbocycles. The van der Waals surface area contributed by atoms with Crippen molar-refractivity contribution in [1.82, 2.24) is 5.32 Å². The number of benzene rings is 1. The van der Waals surface area contributed by atoms with Crippen LogP contribution in [0, 0.1) is 5.82 Å². The number of hydrogen-bond acceptors (Lipinski definition) is 2. The predicted molar refractivity (Wildman–Crippen MR) is 78.6 cm³/mol. The number of rotatable bonds is 5. The Balaban J connectivity index is 2.67. The third-order valence-corrected chi connectivity index (χ3v) is 4.04. The van der Waals surface area contributed by atoms with Crippen molar-refractivity contribution in [3.63, 3.8) is 0 Å². The summed E-state index contributed by atoms with van der Waals surface area (Å²) in [6, 6.07) is 5.54. The van der Waals surface area contributed by atoms with Crippen LogP contribution < -0.4 is 5.32 Å². The fraction of sp³-hybridized carbons (Fsp3) is 0.600. The zero-order valence-corrected chi connectivity index (χ0v) is 12.8. The maximum Gasteiger partial charge on any atom is 0.137 e. The SMILES string of the molecule is CCC(C)Sc1ccc(CNC(C)(C)C)cc1F. The van der Waals surface area contributed by atoms with Crippen LogP contribution in [0.5, 0.6) is 0 Å². The van der Waals surface area contributed by atoms with Crippen LogP contribution in [0.4, 0.5) is 4.39 Å². The molecular formula is C15H24FNS. The second-order valence-corrected chi connectivity index (χ2v) is 7.19. The van der Waals surface area contributed by atoms with E-state index >= 15 is 0 Å². The second kappa shape index (κ2) is 6.58. The molecule has 1 unspecified atom stereocenters. The largest absolute Gasteiger partial charge is 0.308 e. The topological polar surface area (TPSA) is 12.0 Å². The molecule has 102 valence electrons. The Hall–Kier alpha value is -0.540. The van der Waals surface area contributed by atoms with E-state index in [4.69, 9.17) is 0 Å². The highest BCUT2D eigenvalue weighted by atomic mass is 32.2. The van der Waals surface area contributed by atoms with Gasteiger partial charge in [-0.25, -0.2) is 4.39 Å². The molecule has 1 atom stereocenters. The normalized spacial score (nSPS) is 13.7. The Morgan fingerprint density at radius 1 is 1.33 bits per heavy atom. The van der Waals surface area contributed by atoms with Crippen LogP contribution in [-0.2, 0) is 6.54 Å². The minimum atomic E-state index is -0.103. The van der Waals surface area contributed by atoms with Crippen LogP contribution in [0.25, 0.3) is 0 Å². The van der Waals surface area contributed by atoms with Gasteiger partial charge in [0.05, 0.1) is 0 Å². The maximum atomic E-state index is 13.9. The van der Waals surface area contributed by atoms with Gasteiger partial charge in [0.2, 0.25) is 0 Å². The highest BCUT2D eigenvalue weighted by Gasteiger charge is 2.11. The molecule has 0 radical (unpaired) electrons. The molecule has 0 aliphatic carbocycles. The van der Waals surface area contributed by atoms with Crippen molar-refractivity contribution in [3.8, 4) is 0 Å². The molecule has 0 bridgehead atoms. The summed E-state index contributed by atoms with van der Waals surface area (Å²) < 4.78 is 13.9. The summed E-state index contributed by atoms with van der Waals surface area (Å²) in [5, 5.41) is 3.82. The molecule has 1 nitrogen and oxygen atoms in total. The van der Waals surface area contributed by atoms with Crippen molar-refractivity contribution in [3.05, 3.63) is 29.6 Å². The minimum absolute atomic E-state index is 0.0562. The molecule has 0 aromatic heterocycles. The molecule has 0 aliphatic rings. The molecule has 1 aromatic rings. The van der Waals surface area contributed by atoms with Crippen LogP contribution in [0.3, 0.4) is 0 Å². The molecule has 0 amide bonds. The van der Waals surface area contributed by atoms with Crippen molar-refractivity contribution >= 4 is 11.8 Å². The molecule has 0 saturated carbocycles. The van der Waals surface area contributed by atoms with Gasteiger partial charge in [-0.05, 0) is 44.9 Å². The molecule has 18 heavy (non-hydrogen) atoms. The number of hydrogen-bond donors (Lipinski definition) is 1. The summed E-state index contributed by atoms with van der Waals surface area (Å²) in [5.74, 6) is -0.103. The van der Waals surface area contributed by atoms with Gasteiger partial charge in [-0.3, -0.25) is 0 Å². The molecule has 0 heterocycles. The molecule has 3 heteroatoms. The van der Waals surface area contributed by atoms with E-state index in [0.717, 1.165) is 16.9 Å². The van der Waals surface area contributed by atoms with E-state index in [1.807, 2.05) is 12.1 Å². The first-order valence-electron chi connectivity index (χ1n) is 6.52. The number of halogens is 1. The van der Waals surface area contributed by atoms with Crippen LogP contribution >= 0.6 is 11.8 Å². The number of nitrogens with one attached hydrogen (secondary N) is 1. The average molecular weight is 269 g/mol. The second-order valence-electron chi connectivity index (χ2n) is 5.71. The zero-order chi connectivity index (χ0) is 13.8. The Morgan fingerprint density at radius 2 is 2.00 bits per heavy atom. The van der Waals surface area contributed by atoms with Crippen molar-refractivity contribution in [2.24, 2.45) is 0 Å². The van der Waals surface area contributed by atoms with Crippen molar-refractivity contribution in [1.29, 1.82) is 0 Å². The van der Waals surface area contributed by atoms with Gasteiger partial charge in [0.25, 0.3) is 0 Å². The average Bonchev–Trinajstić information content (AvgIpc) is 2.28. The molecule has 0 fully saturated rings. The first-order valence-corrected chi connectivity index (χ1v) is 7.40. The summed E-state index contributed by atoms with van der Waals surface area (Å²) in [5.41, 5.74) is 1.05. The standard InChI is InChI=1S/C15H24FNS/c1-6-11(2)18-14-8-7-12(9-13(14)16)10-17-15(3,4)5/h7-9,11,17H,6,10H2,1-5H3. The monoisotopic (exact) mass is 269 g/mol. The summed E-state index contributed by atoms with van der Waals surface area (Å²) >= 11 is 1.61. The van der Waals surface area contributed by atoms with Gasteiger partial charge in [0, 0.05) is 22.2 Å². The Kier molecular flexibility index (Phi) is 5.67. The fourth-order valence-corrected chi connectivity index (χ4v) is 2.34. The first kappa shape index (κ1) is 15.5. The van der Waals surface area contributed by atoms with Crippen LogP contribution in [0.1, 0.15) is 46.6 Å². The quantitative estimate of drug-likeness (QED) is 0.784. The van der Waals surface area contributed by atoms with Gasteiger partial charge in [-0.1, -0.05) is 19.9 Å². The van der Waals surface area contributed by atoms with Gasteiger partial charge >= 0.3 is 0 Å². The van der Waals surface area contributed by atoms with Gasteiger partial charge in [-0.2, -0.15) is 0 Å². The van der Waals surface area contributed by atoms with Crippen LogP contribution in [0.2, 0.25) is 0 Å². The summed E-state index contributed by atoms with van der Waals surface area (Å²) in [7, 11) is 0. The van der Waals surface area contributed by atoms with E-state index in [0.29, 0.717) is 11.8 Å². The predicted octanol–water partition coefficient (Wildman–Crippen LogP) is 4.60. The van der Waals surface area contributed by atoms with Gasteiger partial charge in [0.15, 0.2) is 0 Å². The molecule has 0 aliphatic heterocycles. The van der Waals surface area contributed by atoms with Crippen molar-refractivity contribution in [2.45, 2.75) is 63.3 Å². The van der Waals surface area contributed by atoms with E-state index in [-0.39, 0.29) is 11.4 Å². The van der Waals surface area contributed by atoms with Crippen LogP contribution in [-0.4, -0.2) is 10.8 Å². The molecule has 0 saturated heterocycles. The highest BCUT2D eigenvalue weighted by molar-refractivity contribution is 7.99. The molecular weight excluding hydrogens is 245 g/mol. The Labute approximate surface area is 115 Å². The molecule has 1 N–H and O–H groups in total. The lowest BCUT2D eigenvalue weighted by Gasteiger charge is -2.20. The molecule has 1 rings (SSSR count). The maximum absolute atomic E-state index is 13.9. The summed E-state index contributed by atoms with van der Waals surface area (Å²) in [6.45, 7) is 11.3. The summed E-state index contributed by atoms with van der Waals surface area (Å²) in [6.07, 6.45) is 1.05. The number of thioether (sulfide) groups is 1. The molecule has 0 spiro atoms. The highest BCUT2D eigenvalue weighted by Crippen LogP contribution is 2.28. The lowest BCUT2D eigenvalue weighted by molar-refractivity contribution is 0.423. The van der Waals surface area contributed by atoms with Gasteiger partial charge < -0.3 is 5.32 Å². The lowest BCUT2D eigenvalue weighted by atomic mass is 10.1.